The molecule has 0 aliphatic heterocycles. The lowest BCUT2D eigenvalue weighted by Crippen LogP contribution is -2.39. The molecule has 1 fully saturated rings. The summed E-state index contributed by atoms with van der Waals surface area (Å²) in [5.41, 5.74) is 0. The Morgan fingerprint density at radius 1 is 1.33 bits per heavy atom. The van der Waals surface area contributed by atoms with Crippen molar-refractivity contribution in [3.05, 3.63) is 0 Å². The van der Waals surface area contributed by atoms with Crippen molar-refractivity contribution >= 4 is 5.91 Å². The zero-order chi connectivity index (χ0) is 13.9. The molecule has 1 amide bonds. The summed E-state index contributed by atoms with van der Waals surface area (Å²) in [7, 11) is 1.57. The molecule has 0 aromatic heterocycles. The SMILES string of the molecule is CC(O)CN(C)C(=O)C1CCC(C(F)(F)F)CC1. The highest BCUT2D eigenvalue weighted by Crippen LogP contribution is 2.39. The Balaban J connectivity index is 2.45. The van der Waals surface area contributed by atoms with E-state index in [0.717, 1.165) is 0 Å². The van der Waals surface area contributed by atoms with Crippen LogP contribution < -0.4 is 0 Å². The van der Waals surface area contributed by atoms with Gasteiger partial charge in [-0.3, -0.25) is 4.79 Å². The summed E-state index contributed by atoms with van der Waals surface area (Å²) in [6, 6.07) is 0. The van der Waals surface area contributed by atoms with Crippen LogP contribution in [-0.4, -0.2) is 41.8 Å². The number of carbonyl (C=O) groups excluding carboxylic acids is 1. The highest BCUT2D eigenvalue weighted by atomic mass is 19.4. The molecule has 0 aromatic rings. The molecule has 1 unspecified atom stereocenters. The highest BCUT2D eigenvalue weighted by Gasteiger charge is 2.42. The topological polar surface area (TPSA) is 40.5 Å². The maximum atomic E-state index is 12.5. The fourth-order valence-corrected chi connectivity index (χ4v) is 2.47. The van der Waals surface area contributed by atoms with E-state index >= 15 is 0 Å². The number of aliphatic hydroxyl groups is 1. The van der Waals surface area contributed by atoms with Crippen LogP contribution in [0.2, 0.25) is 0 Å². The van der Waals surface area contributed by atoms with Gasteiger partial charge < -0.3 is 10.0 Å². The standard InChI is InChI=1S/C12H20F3NO2/c1-8(17)7-16(2)11(18)9-3-5-10(6-4-9)12(13,14)15/h8-10,17H,3-7H2,1-2H3. The van der Waals surface area contributed by atoms with Crippen molar-refractivity contribution in [2.75, 3.05) is 13.6 Å². The molecule has 0 radical (unpaired) electrons. The molecule has 0 saturated heterocycles. The quantitative estimate of drug-likeness (QED) is 0.851. The Labute approximate surface area is 105 Å². The van der Waals surface area contributed by atoms with Gasteiger partial charge in [-0.15, -0.1) is 0 Å². The molecule has 106 valence electrons. The van der Waals surface area contributed by atoms with Crippen LogP contribution in [0, 0.1) is 11.8 Å². The van der Waals surface area contributed by atoms with E-state index in [4.69, 9.17) is 0 Å². The maximum Gasteiger partial charge on any atom is 0.391 e. The number of likely N-dealkylation sites (N-methyl/N-ethyl adjacent to an activating group) is 1. The van der Waals surface area contributed by atoms with Gasteiger partial charge in [0.05, 0.1) is 12.0 Å². The van der Waals surface area contributed by atoms with Gasteiger partial charge in [-0.05, 0) is 32.6 Å². The van der Waals surface area contributed by atoms with E-state index in [9.17, 15) is 23.1 Å². The van der Waals surface area contributed by atoms with Gasteiger partial charge in [-0.25, -0.2) is 0 Å². The van der Waals surface area contributed by atoms with Crippen molar-refractivity contribution in [1.82, 2.24) is 4.90 Å². The summed E-state index contributed by atoms with van der Waals surface area (Å²) in [6.45, 7) is 1.79. The molecule has 0 aromatic carbocycles. The first kappa shape index (κ1) is 15.3. The van der Waals surface area contributed by atoms with E-state index in [0.29, 0.717) is 0 Å². The summed E-state index contributed by atoms with van der Waals surface area (Å²) in [5, 5.41) is 9.18. The Morgan fingerprint density at radius 2 is 1.83 bits per heavy atom. The predicted octanol–water partition coefficient (Wildman–Crippen LogP) is 2.19. The molecule has 1 rings (SSSR count). The van der Waals surface area contributed by atoms with Gasteiger partial charge in [-0.2, -0.15) is 13.2 Å². The second kappa shape index (κ2) is 5.91. The molecular weight excluding hydrogens is 247 g/mol. The van der Waals surface area contributed by atoms with E-state index in [-0.39, 0.29) is 44.1 Å². The minimum absolute atomic E-state index is 0.0302. The van der Waals surface area contributed by atoms with E-state index < -0.39 is 18.2 Å². The maximum absolute atomic E-state index is 12.5. The smallest absolute Gasteiger partial charge is 0.391 e. The zero-order valence-corrected chi connectivity index (χ0v) is 10.7. The van der Waals surface area contributed by atoms with E-state index in [2.05, 4.69) is 0 Å². The largest absolute Gasteiger partial charge is 0.392 e. The predicted molar refractivity (Wildman–Crippen MR) is 60.8 cm³/mol. The Morgan fingerprint density at radius 3 is 2.22 bits per heavy atom. The number of amides is 1. The Hall–Kier alpha value is -0.780. The number of carbonyl (C=O) groups is 1. The molecule has 1 atom stereocenters. The van der Waals surface area contributed by atoms with Crippen molar-refractivity contribution in [1.29, 1.82) is 0 Å². The second-order valence-corrected chi connectivity index (χ2v) is 5.16. The zero-order valence-electron chi connectivity index (χ0n) is 10.7. The number of hydrogen-bond acceptors (Lipinski definition) is 2. The average Bonchev–Trinajstić information content (AvgIpc) is 2.26. The van der Waals surface area contributed by atoms with Crippen LogP contribution in [0.4, 0.5) is 13.2 Å². The van der Waals surface area contributed by atoms with Crippen LogP contribution in [0.1, 0.15) is 32.6 Å². The minimum atomic E-state index is -4.14. The first-order valence-electron chi connectivity index (χ1n) is 6.21. The number of rotatable bonds is 3. The molecule has 0 bridgehead atoms. The summed E-state index contributed by atoms with van der Waals surface area (Å²) >= 11 is 0. The first-order chi connectivity index (χ1) is 8.21. The second-order valence-electron chi connectivity index (χ2n) is 5.16. The fraction of sp³-hybridized carbons (Fsp3) is 0.917. The van der Waals surface area contributed by atoms with Crippen LogP contribution >= 0.6 is 0 Å². The van der Waals surface area contributed by atoms with Crippen molar-refractivity contribution in [2.24, 2.45) is 11.8 Å². The fourth-order valence-electron chi connectivity index (χ4n) is 2.47. The van der Waals surface area contributed by atoms with Crippen LogP contribution in [-0.2, 0) is 4.79 Å². The number of nitrogens with zero attached hydrogens (tertiary/aromatic N) is 1. The van der Waals surface area contributed by atoms with Gasteiger partial charge in [-0.1, -0.05) is 0 Å². The monoisotopic (exact) mass is 267 g/mol. The Kier molecular flexibility index (Phi) is 5.01. The number of aliphatic hydroxyl groups excluding tert-OH is 1. The van der Waals surface area contributed by atoms with Crippen molar-refractivity contribution in [3.8, 4) is 0 Å². The molecule has 6 heteroatoms. The van der Waals surface area contributed by atoms with Gasteiger partial charge in [0.2, 0.25) is 5.91 Å². The molecule has 1 aliphatic carbocycles. The number of halogens is 3. The van der Waals surface area contributed by atoms with Crippen LogP contribution in [0.15, 0.2) is 0 Å². The van der Waals surface area contributed by atoms with Gasteiger partial charge in [0.1, 0.15) is 0 Å². The molecule has 1 aliphatic rings. The summed E-state index contributed by atoms with van der Waals surface area (Å²) in [5.74, 6) is -1.74. The Bertz CT molecular complexity index is 284. The summed E-state index contributed by atoms with van der Waals surface area (Å²) in [4.78, 5) is 13.3. The highest BCUT2D eigenvalue weighted by molar-refractivity contribution is 5.78. The minimum Gasteiger partial charge on any atom is -0.392 e. The molecule has 1 saturated carbocycles. The molecule has 0 spiro atoms. The lowest BCUT2D eigenvalue weighted by atomic mass is 9.81. The van der Waals surface area contributed by atoms with Crippen LogP contribution in [0.5, 0.6) is 0 Å². The molecule has 3 nitrogen and oxygen atoms in total. The summed E-state index contributed by atoms with van der Waals surface area (Å²) < 4.78 is 37.4. The third-order valence-electron chi connectivity index (χ3n) is 3.45. The third-order valence-corrected chi connectivity index (χ3v) is 3.45. The molecule has 1 N–H and O–H groups in total. The van der Waals surface area contributed by atoms with Crippen LogP contribution in [0.3, 0.4) is 0 Å². The lowest BCUT2D eigenvalue weighted by Gasteiger charge is -2.31. The van der Waals surface area contributed by atoms with Crippen molar-refractivity contribution in [2.45, 2.75) is 44.9 Å². The van der Waals surface area contributed by atoms with Crippen molar-refractivity contribution < 1.29 is 23.1 Å². The van der Waals surface area contributed by atoms with E-state index in [1.807, 2.05) is 0 Å². The number of alkyl halides is 3. The normalized spacial score (nSPS) is 26.8. The molecule has 18 heavy (non-hydrogen) atoms. The average molecular weight is 267 g/mol. The first-order valence-corrected chi connectivity index (χ1v) is 6.21. The van der Waals surface area contributed by atoms with Gasteiger partial charge in [0, 0.05) is 19.5 Å². The van der Waals surface area contributed by atoms with Gasteiger partial charge in [0.25, 0.3) is 0 Å². The van der Waals surface area contributed by atoms with E-state index in [1.54, 1.807) is 14.0 Å². The van der Waals surface area contributed by atoms with Crippen molar-refractivity contribution in [3.63, 3.8) is 0 Å². The number of hydrogen-bond donors (Lipinski definition) is 1. The molecular formula is C12H20F3NO2. The van der Waals surface area contributed by atoms with Gasteiger partial charge in [0.15, 0.2) is 0 Å². The third kappa shape index (κ3) is 4.15. The van der Waals surface area contributed by atoms with Gasteiger partial charge >= 0.3 is 6.18 Å². The van der Waals surface area contributed by atoms with E-state index in [1.165, 1.54) is 4.90 Å². The van der Waals surface area contributed by atoms with Crippen LogP contribution in [0.25, 0.3) is 0 Å². The summed E-state index contributed by atoms with van der Waals surface area (Å²) in [6.07, 6.45) is -4.13. The lowest BCUT2D eigenvalue weighted by molar-refractivity contribution is -0.185. The molecule has 0 heterocycles.